The molecule has 0 saturated carbocycles. The molecule has 0 bridgehead atoms. The number of amides is 1. The third-order valence-electron chi connectivity index (χ3n) is 3.19. The predicted octanol–water partition coefficient (Wildman–Crippen LogP) is 0.589. The first kappa shape index (κ1) is 17.4. The van der Waals surface area contributed by atoms with Gasteiger partial charge in [-0.05, 0) is 33.6 Å². The summed E-state index contributed by atoms with van der Waals surface area (Å²) in [6.07, 6.45) is 1.45. The Labute approximate surface area is 121 Å². The van der Waals surface area contributed by atoms with Gasteiger partial charge in [-0.25, -0.2) is 12.7 Å². The molecule has 1 heterocycles. The smallest absolute Gasteiger partial charge is 0.224 e. The number of hydrogen-bond donors (Lipinski definition) is 1. The molecule has 0 spiro atoms. The van der Waals surface area contributed by atoms with Gasteiger partial charge in [-0.3, -0.25) is 4.79 Å². The quantitative estimate of drug-likeness (QED) is 0.806. The zero-order valence-corrected chi connectivity index (χ0v) is 13.6. The zero-order chi connectivity index (χ0) is 15.4. The summed E-state index contributed by atoms with van der Waals surface area (Å²) >= 11 is 0. The second-order valence-electron chi connectivity index (χ2n) is 6.25. The van der Waals surface area contributed by atoms with Gasteiger partial charge in [0.05, 0.1) is 18.3 Å². The summed E-state index contributed by atoms with van der Waals surface area (Å²) in [7, 11) is -1.85. The second kappa shape index (κ2) is 6.87. The van der Waals surface area contributed by atoms with Crippen LogP contribution in [0.2, 0.25) is 0 Å². The lowest BCUT2D eigenvalue weighted by atomic mass is 9.97. The first-order valence-corrected chi connectivity index (χ1v) is 8.55. The number of sulfonamides is 1. The summed E-state index contributed by atoms with van der Waals surface area (Å²) in [5.74, 6) is -0.360. The lowest BCUT2D eigenvalue weighted by Gasteiger charge is -2.33. The van der Waals surface area contributed by atoms with Crippen molar-refractivity contribution in [1.29, 1.82) is 0 Å². The van der Waals surface area contributed by atoms with Crippen LogP contribution in [0.1, 0.15) is 33.6 Å². The molecule has 1 atom stereocenters. The number of nitrogens with zero attached hydrogens (tertiary/aromatic N) is 1. The van der Waals surface area contributed by atoms with Crippen molar-refractivity contribution in [1.82, 2.24) is 9.62 Å². The van der Waals surface area contributed by atoms with E-state index in [0.29, 0.717) is 13.0 Å². The molecule has 0 aromatic rings. The average molecular weight is 306 g/mol. The first-order valence-electron chi connectivity index (χ1n) is 6.94. The van der Waals surface area contributed by atoms with Crippen molar-refractivity contribution in [2.45, 2.75) is 39.2 Å². The number of methoxy groups -OCH3 is 1. The van der Waals surface area contributed by atoms with Crippen LogP contribution in [0.4, 0.5) is 0 Å². The molecule has 1 rings (SSSR count). The fraction of sp³-hybridized carbons (Fsp3) is 0.923. The predicted molar refractivity (Wildman–Crippen MR) is 77.9 cm³/mol. The van der Waals surface area contributed by atoms with Crippen LogP contribution in [0, 0.1) is 5.92 Å². The largest absolute Gasteiger partial charge is 0.384 e. The van der Waals surface area contributed by atoms with Gasteiger partial charge < -0.3 is 10.1 Å². The van der Waals surface area contributed by atoms with E-state index in [1.807, 2.05) is 20.8 Å². The van der Waals surface area contributed by atoms with Gasteiger partial charge in [0.2, 0.25) is 15.9 Å². The van der Waals surface area contributed by atoms with Crippen LogP contribution in [0.5, 0.6) is 0 Å². The van der Waals surface area contributed by atoms with Gasteiger partial charge in [0.15, 0.2) is 0 Å². The molecule has 1 fully saturated rings. The Balaban J connectivity index is 2.65. The fourth-order valence-corrected chi connectivity index (χ4v) is 3.65. The summed E-state index contributed by atoms with van der Waals surface area (Å²) in [6.45, 7) is 6.69. The van der Waals surface area contributed by atoms with Crippen LogP contribution >= 0.6 is 0 Å². The van der Waals surface area contributed by atoms with Gasteiger partial charge in [-0.2, -0.15) is 0 Å². The van der Waals surface area contributed by atoms with Crippen molar-refractivity contribution >= 4 is 15.9 Å². The van der Waals surface area contributed by atoms with Crippen molar-refractivity contribution in [3.8, 4) is 0 Å². The molecule has 1 saturated heterocycles. The standard InChI is InChI=1S/C13H26N2O4S/c1-13(2,3)14-12(16)11-6-5-7-15(10-11)20(17,18)9-8-19-4/h11H,5-10H2,1-4H3,(H,14,16). The molecule has 0 aliphatic carbocycles. The Morgan fingerprint density at radius 1 is 1.40 bits per heavy atom. The van der Waals surface area contributed by atoms with Crippen LogP contribution in [-0.4, -0.2) is 56.7 Å². The third-order valence-corrected chi connectivity index (χ3v) is 4.99. The van der Waals surface area contributed by atoms with Crippen molar-refractivity contribution in [2.24, 2.45) is 5.92 Å². The normalized spacial score (nSPS) is 21.7. The lowest BCUT2D eigenvalue weighted by Crippen LogP contribution is -2.50. The maximum atomic E-state index is 12.1. The number of carbonyl (C=O) groups is 1. The second-order valence-corrected chi connectivity index (χ2v) is 8.33. The summed E-state index contributed by atoms with van der Waals surface area (Å²) in [5, 5.41) is 2.92. The maximum absolute atomic E-state index is 12.1. The number of rotatable bonds is 5. The van der Waals surface area contributed by atoms with E-state index in [1.54, 1.807) is 0 Å². The van der Waals surface area contributed by atoms with Gasteiger partial charge in [-0.15, -0.1) is 0 Å². The number of carbonyl (C=O) groups excluding carboxylic acids is 1. The molecule has 0 radical (unpaired) electrons. The lowest BCUT2D eigenvalue weighted by molar-refractivity contribution is -0.127. The van der Waals surface area contributed by atoms with E-state index in [1.165, 1.54) is 11.4 Å². The van der Waals surface area contributed by atoms with Gasteiger partial charge >= 0.3 is 0 Å². The van der Waals surface area contributed by atoms with Gasteiger partial charge in [0, 0.05) is 25.7 Å². The Bertz CT molecular complexity index is 428. The molecule has 1 aliphatic heterocycles. The van der Waals surface area contributed by atoms with Crippen molar-refractivity contribution in [3.05, 3.63) is 0 Å². The molecule has 1 unspecified atom stereocenters. The zero-order valence-electron chi connectivity index (χ0n) is 12.8. The first-order chi connectivity index (χ1) is 9.15. The van der Waals surface area contributed by atoms with Gasteiger partial charge in [0.25, 0.3) is 0 Å². The Hall–Kier alpha value is -0.660. The molecule has 0 aromatic heterocycles. The fourth-order valence-electron chi connectivity index (χ4n) is 2.20. The molecular formula is C13H26N2O4S. The monoisotopic (exact) mass is 306 g/mol. The third kappa shape index (κ3) is 5.38. The highest BCUT2D eigenvalue weighted by Gasteiger charge is 2.33. The van der Waals surface area contributed by atoms with Crippen LogP contribution < -0.4 is 5.32 Å². The highest BCUT2D eigenvalue weighted by molar-refractivity contribution is 7.89. The molecule has 1 N–H and O–H groups in total. The van der Waals surface area contributed by atoms with E-state index in [4.69, 9.17) is 4.74 Å². The Morgan fingerprint density at radius 2 is 2.05 bits per heavy atom. The van der Waals surface area contributed by atoms with E-state index >= 15 is 0 Å². The SMILES string of the molecule is COCCS(=O)(=O)N1CCCC(C(=O)NC(C)(C)C)C1. The molecule has 6 nitrogen and oxygen atoms in total. The van der Waals surface area contributed by atoms with E-state index < -0.39 is 10.0 Å². The number of piperidine rings is 1. The van der Waals surface area contributed by atoms with Crippen molar-refractivity contribution in [2.75, 3.05) is 32.6 Å². The van der Waals surface area contributed by atoms with E-state index in [0.717, 1.165) is 6.42 Å². The minimum Gasteiger partial charge on any atom is -0.384 e. The van der Waals surface area contributed by atoms with Crippen molar-refractivity contribution < 1.29 is 17.9 Å². The number of nitrogens with one attached hydrogen (secondary N) is 1. The Morgan fingerprint density at radius 3 is 2.60 bits per heavy atom. The molecular weight excluding hydrogens is 280 g/mol. The minimum atomic E-state index is -3.33. The molecule has 20 heavy (non-hydrogen) atoms. The summed E-state index contributed by atoms with van der Waals surface area (Å²) in [4.78, 5) is 12.1. The van der Waals surface area contributed by atoms with Crippen LogP contribution in [0.25, 0.3) is 0 Å². The van der Waals surface area contributed by atoms with Crippen molar-refractivity contribution in [3.63, 3.8) is 0 Å². The summed E-state index contributed by atoms with van der Waals surface area (Å²) in [6, 6.07) is 0. The molecule has 1 aliphatic rings. The van der Waals surface area contributed by atoms with Gasteiger partial charge in [-0.1, -0.05) is 0 Å². The molecule has 7 heteroatoms. The number of hydrogen-bond acceptors (Lipinski definition) is 4. The number of ether oxygens (including phenoxy) is 1. The van der Waals surface area contributed by atoms with Crippen LogP contribution in [0.15, 0.2) is 0 Å². The highest BCUT2D eigenvalue weighted by Crippen LogP contribution is 2.20. The van der Waals surface area contributed by atoms with Gasteiger partial charge in [0.1, 0.15) is 0 Å². The molecule has 0 aromatic carbocycles. The highest BCUT2D eigenvalue weighted by atomic mass is 32.2. The topological polar surface area (TPSA) is 75.7 Å². The summed E-state index contributed by atoms with van der Waals surface area (Å²) < 4.78 is 30.5. The Kier molecular flexibility index (Phi) is 5.97. The molecule has 118 valence electrons. The molecule has 1 amide bonds. The summed E-state index contributed by atoms with van der Waals surface area (Å²) in [5.41, 5.74) is -0.297. The van der Waals surface area contributed by atoms with Crippen LogP contribution in [0.3, 0.4) is 0 Å². The minimum absolute atomic E-state index is 0.0306. The maximum Gasteiger partial charge on any atom is 0.224 e. The van der Waals surface area contributed by atoms with E-state index in [9.17, 15) is 13.2 Å². The average Bonchev–Trinajstić information content (AvgIpc) is 2.34. The van der Waals surface area contributed by atoms with E-state index in [2.05, 4.69) is 5.32 Å². The van der Waals surface area contributed by atoms with Crippen LogP contribution in [-0.2, 0) is 19.6 Å². The van der Waals surface area contributed by atoms with E-state index in [-0.39, 0.29) is 36.3 Å².